The lowest BCUT2D eigenvalue weighted by Gasteiger charge is -2.27. The van der Waals surface area contributed by atoms with Crippen LogP contribution in [-0.4, -0.2) is 53.6 Å². The van der Waals surface area contributed by atoms with Gasteiger partial charge < -0.3 is 20.1 Å². The predicted octanol–water partition coefficient (Wildman–Crippen LogP) is 2.48. The number of benzene rings is 1. The molecule has 9 heteroatoms. The molecule has 0 saturated heterocycles. The smallest absolute Gasteiger partial charge is 0.191 e. The normalized spacial score (nSPS) is 20.4. The topological polar surface area (TPSA) is 85.6 Å². The van der Waals surface area contributed by atoms with Crippen molar-refractivity contribution in [3.8, 4) is 5.75 Å². The van der Waals surface area contributed by atoms with E-state index in [2.05, 4.69) is 39.8 Å². The highest BCUT2D eigenvalue weighted by atomic mass is 127. The Hall–Kier alpha value is -1.88. The number of nitrogens with zero attached hydrogens (tertiary/aromatic N) is 4. The number of nitrogens with one attached hydrogen (secondary N) is 2. The first kappa shape index (κ1) is 22.8. The number of para-hydroxylation sites is 1. The molecule has 1 aromatic carbocycles. The quantitative estimate of drug-likeness (QED) is 0.342. The van der Waals surface area contributed by atoms with Gasteiger partial charge in [-0.15, -0.1) is 24.0 Å². The number of rotatable bonds is 6. The summed E-state index contributed by atoms with van der Waals surface area (Å²) in [4.78, 5) is 9.44. The molecular weight excluding hydrogens is 495 g/mol. The van der Waals surface area contributed by atoms with Crippen LogP contribution in [0.5, 0.6) is 5.75 Å². The summed E-state index contributed by atoms with van der Waals surface area (Å²) >= 11 is 0. The van der Waals surface area contributed by atoms with Crippen LogP contribution in [0, 0.1) is 0 Å². The van der Waals surface area contributed by atoms with E-state index in [-0.39, 0.29) is 30.0 Å². The first-order valence-electron chi connectivity index (χ1n) is 10.4. The van der Waals surface area contributed by atoms with Gasteiger partial charge in [-0.2, -0.15) is 5.10 Å². The predicted molar refractivity (Wildman–Crippen MR) is 127 cm³/mol. The lowest BCUT2D eigenvalue weighted by atomic mass is 9.93. The maximum atomic E-state index is 5.78. The summed E-state index contributed by atoms with van der Waals surface area (Å²) in [7, 11) is 1.67. The van der Waals surface area contributed by atoms with Gasteiger partial charge in [-0.25, -0.2) is 9.67 Å². The van der Waals surface area contributed by atoms with Crippen LogP contribution in [0.25, 0.3) is 0 Å². The van der Waals surface area contributed by atoms with Crippen LogP contribution >= 0.6 is 24.0 Å². The minimum atomic E-state index is 0. The summed E-state index contributed by atoms with van der Waals surface area (Å²) in [6.45, 7) is 5.66. The first-order chi connectivity index (χ1) is 14.3. The maximum Gasteiger partial charge on any atom is 0.191 e. The standard InChI is InChI=1S/C21H30N6O2.HI/c1-3-22-21(23-12-15-10-11-29-18-7-5-4-6-17(15)18)24-16-8-9-20-25-19(14-28-2)26-27(20)13-16;/h4-7,15-16H,3,8-14H2,1-2H3,(H2,22,23,24);1H. The second-order valence-corrected chi connectivity index (χ2v) is 7.53. The minimum Gasteiger partial charge on any atom is -0.493 e. The van der Waals surface area contributed by atoms with Gasteiger partial charge in [-0.05, 0) is 31.4 Å². The Kier molecular flexibility index (Phi) is 8.32. The molecule has 3 heterocycles. The summed E-state index contributed by atoms with van der Waals surface area (Å²) in [6, 6.07) is 8.57. The summed E-state index contributed by atoms with van der Waals surface area (Å²) < 4.78 is 12.9. The molecule has 2 aliphatic rings. The highest BCUT2D eigenvalue weighted by Gasteiger charge is 2.24. The molecule has 30 heavy (non-hydrogen) atoms. The fraction of sp³-hybridized carbons (Fsp3) is 0.571. The SMILES string of the molecule is CCNC(=NCC1CCOc2ccccc21)NC1CCc2nc(COC)nn2C1.I. The van der Waals surface area contributed by atoms with Crippen LogP contribution in [0.15, 0.2) is 29.3 Å². The number of aryl methyl sites for hydroxylation is 1. The minimum absolute atomic E-state index is 0. The second-order valence-electron chi connectivity index (χ2n) is 7.53. The summed E-state index contributed by atoms with van der Waals surface area (Å²) in [5.74, 6) is 4.04. The van der Waals surface area contributed by atoms with Gasteiger partial charge in [0.2, 0.25) is 0 Å². The zero-order valence-electron chi connectivity index (χ0n) is 17.6. The van der Waals surface area contributed by atoms with E-state index < -0.39 is 0 Å². The summed E-state index contributed by atoms with van der Waals surface area (Å²) in [6.07, 6.45) is 2.91. The van der Waals surface area contributed by atoms with Crippen molar-refractivity contribution in [2.75, 3.05) is 26.8 Å². The van der Waals surface area contributed by atoms with E-state index >= 15 is 0 Å². The van der Waals surface area contributed by atoms with E-state index in [0.29, 0.717) is 12.5 Å². The van der Waals surface area contributed by atoms with Gasteiger partial charge in [0.15, 0.2) is 11.8 Å². The van der Waals surface area contributed by atoms with Crippen LogP contribution in [0.2, 0.25) is 0 Å². The molecule has 0 fully saturated rings. The highest BCUT2D eigenvalue weighted by Crippen LogP contribution is 2.33. The van der Waals surface area contributed by atoms with Crippen molar-refractivity contribution in [2.24, 2.45) is 4.99 Å². The van der Waals surface area contributed by atoms with Crippen LogP contribution in [0.4, 0.5) is 0 Å². The second kappa shape index (κ2) is 10.9. The monoisotopic (exact) mass is 526 g/mol. The molecule has 164 valence electrons. The number of ether oxygens (including phenoxy) is 2. The van der Waals surface area contributed by atoms with Crippen molar-refractivity contribution in [3.63, 3.8) is 0 Å². The molecule has 0 amide bonds. The average Bonchev–Trinajstić information content (AvgIpc) is 3.14. The van der Waals surface area contributed by atoms with Crippen LogP contribution in [0.1, 0.15) is 42.9 Å². The molecule has 1 aromatic heterocycles. The Morgan fingerprint density at radius 3 is 3.03 bits per heavy atom. The third kappa shape index (κ3) is 5.42. The third-order valence-corrected chi connectivity index (χ3v) is 5.41. The fourth-order valence-corrected chi connectivity index (χ4v) is 3.99. The van der Waals surface area contributed by atoms with Crippen LogP contribution < -0.4 is 15.4 Å². The van der Waals surface area contributed by atoms with Crippen molar-refractivity contribution < 1.29 is 9.47 Å². The van der Waals surface area contributed by atoms with E-state index in [1.807, 2.05) is 16.8 Å². The molecule has 0 aliphatic carbocycles. The number of aliphatic imine (C=N–C) groups is 1. The lowest BCUT2D eigenvalue weighted by Crippen LogP contribution is -2.47. The zero-order valence-corrected chi connectivity index (χ0v) is 20.0. The van der Waals surface area contributed by atoms with E-state index in [1.54, 1.807) is 7.11 Å². The van der Waals surface area contributed by atoms with Gasteiger partial charge in [0.25, 0.3) is 0 Å². The van der Waals surface area contributed by atoms with Crippen molar-refractivity contribution in [1.29, 1.82) is 0 Å². The van der Waals surface area contributed by atoms with Gasteiger partial charge in [-0.3, -0.25) is 4.99 Å². The summed E-state index contributed by atoms with van der Waals surface area (Å²) in [5.41, 5.74) is 1.26. The average molecular weight is 526 g/mol. The molecule has 0 bridgehead atoms. The number of fused-ring (bicyclic) bond motifs is 2. The fourth-order valence-electron chi connectivity index (χ4n) is 3.99. The number of hydrogen-bond donors (Lipinski definition) is 2. The van der Waals surface area contributed by atoms with Gasteiger partial charge in [0.1, 0.15) is 18.2 Å². The van der Waals surface area contributed by atoms with E-state index in [9.17, 15) is 0 Å². The van der Waals surface area contributed by atoms with Gasteiger partial charge in [-0.1, -0.05) is 18.2 Å². The van der Waals surface area contributed by atoms with E-state index in [4.69, 9.17) is 14.5 Å². The Morgan fingerprint density at radius 2 is 2.20 bits per heavy atom. The number of halogens is 1. The zero-order chi connectivity index (χ0) is 20.1. The van der Waals surface area contributed by atoms with Gasteiger partial charge in [0, 0.05) is 38.6 Å². The summed E-state index contributed by atoms with van der Waals surface area (Å²) in [5, 5.41) is 11.5. The lowest BCUT2D eigenvalue weighted by molar-refractivity contribution is 0.177. The Labute approximate surface area is 194 Å². The maximum absolute atomic E-state index is 5.78. The first-order valence-corrected chi connectivity index (χ1v) is 10.4. The molecule has 0 spiro atoms. The molecule has 4 rings (SSSR count). The van der Waals surface area contributed by atoms with Gasteiger partial charge >= 0.3 is 0 Å². The molecule has 2 unspecified atom stereocenters. The Balaban J connectivity index is 0.00000256. The molecule has 2 atom stereocenters. The molecule has 8 nitrogen and oxygen atoms in total. The van der Waals surface area contributed by atoms with Crippen molar-refractivity contribution in [3.05, 3.63) is 41.5 Å². The number of hydrogen-bond acceptors (Lipinski definition) is 5. The van der Waals surface area contributed by atoms with Crippen LogP contribution in [-0.2, 0) is 24.3 Å². The third-order valence-electron chi connectivity index (χ3n) is 5.41. The van der Waals surface area contributed by atoms with E-state index in [0.717, 1.165) is 68.9 Å². The highest BCUT2D eigenvalue weighted by molar-refractivity contribution is 14.0. The molecule has 2 N–H and O–H groups in total. The number of guanidine groups is 1. The van der Waals surface area contributed by atoms with Crippen molar-refractivity contribution in [2.45, 2.75) is 51.3 Å². The number of aromatic nitrogens is 3. The van der Waals surface area contributed by atoms with E-state index in [1.165, 1.54) is 5.56 Å². The molecular formula is C21H31IN6O2. The van der Waals surface area contributed by atoms with Crippen molar-refractivity contribution in [1.82, 2.24) is 25.4 Å². The molecule has 2 aromatic rings. The Bertz CT molecular complexity index is 856. The molecule has 0 radical (unpaired) electrons. The molecule has 2 aliphatic heterocycles. The molecule has 0 saturated carbocycles. The van der Waals surface area contributed by atoms with Crippen molar-refractivity contribution >= 4 is 29.9 Å². The largest absolute Gasteiger partial charge is 0.493 e. The van der Waals surface area contributed by atoms with Crippen LogP contribution in [0.3, 0.4) is 0 Å². The Morgan fingerprint density at radius 1 is 1.33 bits per heavy atom. The number of methoxy groups -OCH3 is 1. The van der Waals surface area contributed by atoms with Gasteiger partial charge in [0.05, 0.1) is 13.2 Å².